The molecule has 29 heavy (non-hydrogen) atoms. The van der Waals surface area contributed by atoms with Gasteiger partial charge in [0.2, 0.25) is 0 Å². The maximum Gasteiger partial charge on any atom is 0.278 e. The van der Waals surface area contributed by atoms with Crippen molar-refractivity contribution in [3.05, 3.63) is 101 Å². The Hall–Kier alpha value is -3.45. The lowest BCUT2D eigenvalue weighted by molar-refractivity contribution is 0.0979. The molecule has 0 N–H and O–H groups in total. The lowest BCUT2D eigenvalue weighted by Gasteiger charge is -2.22. The number of benzene rings is 2. The highest BCUT2D eigenvalue weighted by Crippen LogP contribution is 2.31. The number of hydrogen-bond donors (Lipinski definition) is 0. The lowest BCUT2D eigenvalue weighted by Crippen LogP contribution is -2.31. The number of rotatable bonds is 5. The van der Waals surface area contributed by atoms with E-state index in [1.165, 1.54) is 53.0 Å². The van der Waals surface area contributed by atoms with Gasteiger partial charge in [-0.3, -0.25) is 14.7 Å². The Bertz CT molecular complexity index is 1130. The Labute approximate surface area is 170 Å². The van der Waals surface area contributed by atoms with Crippen LogP contribution in [0.1, 0.15) is 15.4 Å². The van der Waals surface area contributed by atoms with Crippen molar-refractivity contribution >= 4 is 22.9 Å². The molecule has 0 unspecified atom stereocenters. The van der Waals surface area contributed by atoms with Crippen LogP contribution in [0.2, 0.25) is 0 Å². The minimum absolute atomic E-state index is 0.131. The van der Waals surface area contributed by atoms with Crippen molar-refractivity contribution in [2.45, 2.75) is 6.54 Å². The van der Waals surface area contributed by atoms with Crippen LogP contribution in [-0.2, 0) is 6.54 Å². The van der Waals surface area contributed by atoms with Gasteiger partial charge in [-0.05, 0) is 42.0 Å². The Morgan fingerprint density at radius 1 is 0.966 bits per heavy atom. The molecule has 2 heterocycles. The van der Waals surface area contributed by atoms with Crippen LogP contribution in [0.15, 0.2) is 79.3 Å². The molecular formula is C22H15F2N3OS. The molecule has 0 fully saturated rings. The Kier molecular flexibility index (Phi) is 5.39. The number of hydrogen-bond acceptors (Lipinski definition) is 4. The van der Waals surface area contributed by atoms with Crippen LogP contribution in [0.3, 0.4) is 0 Å². The molecule has 0 bridgehead atoms. The standard InChI is InChI=1S/C22H15F2N3OS/c23-16-7-5-15(6-8-16)21-10-9-17(29-21)14-27(20-4-2-1-3-18(20)24)22(28)19-13-25-11-12-26-19/h1-13H,14H2. The van der Waals surface area contributed by atoms with E-state index in [-0.39, 0.29) is 23.7 Å². The molecular weight excluding hydrogens is 392 g/mol. The quantitative estimate of drug-likeness (QED) is 0.449. The normalized spacial score (nSPS) is 10.7. The van der Waals surface area contributed by atoms with Gasteiger partial charge in [0.05, 0.1) is 18.4 Å². The molecule has 2 aromatic carbocycles. The van der Waals surface area contributed by atoms with Crippen LogP contribution in [0.5, 0.6) is 0 Å². The van der Waals surface area contributed by atoms with E-state index in [4.69, 9.17) is 0 Å². The summed E-state index contributed by atoms with van der Waals surface area (Å²) in [4.78, 5) is 24.1. The number of amides is 1. The van der Waals surface area contributed by atoms with Crippen molar-refractivity contribution in [2.24, 2.45) is 0 Å². The summed E-state index contributed by atoms with van der Waals surface area (Å²) < 4.78 is 27.6. The average molecular weight is 407 g/mol. The van der Waals surface area contributed by atoms with Gasteiger partial charge < -0.3 is 0 Å². The van der Waals surface area contributed by atoms with Crippen LogP contribution >= 0.6 is 11.3 Å². The highest BCUT2D eigenvalue weighted by molar-refractivity contribution is 7.15. The maximum absolute atomic E-state index is 14.5. The van der Waals surface area contributed by atoms with Gasteiger partial charge >= 0.3 is 0 Å². The van der Waals surface area contributed by atoms with E-state index in [1.54, 1.807) is 30.3 Å². The van der Waals surface area contributed by atoms with Gasteiger partial charge in [-0.2, -0.15) is 0 Å². The molecule has 0 aliphatic rings. The van der Waals surface area contributed by atoms with Crippen molar-refractivity contribution in [2.75, 3.05) is 4.90 Å². The Morgan fingerprint density at radius 2 is 1.76 bits per heavy atom. The van der Waals surface area contributed by atoms with E-state index in [9.17, 15) is 13.6 Å². The zero-order valence-electron chi connectivity index (χ0n) is 15.1. The molecule has 0 spiro atoms. The maximum atomic E-state index is 14.5. The van der Waals surface area contributed by atoms with Crippen LogP contribution in [-0.4, -0.2) is 15.9 Å². The number of carbonyl (C=O) groups is 1. The summed E-state index contributed by atoms with van der Waals surface area (Å²) in [5, 5.41) is 0. The van der Waals surface area contributed by atoms with E-state index in [0.717, 1.165) is 15.3 Å². The molecule has 4 rings (SSSR count). The van der Waals surface area contributed by atoms with Crippen molar-refractivity contribution < 1.29 is 13.6 Å². The molecule has 0 radical (unpaired) electrons. The summed E-state index contributed by atoms with van der Waals surface area (Å²) in [7, 11) is 0. The van der Waals surface area contributed by atoms with Gasteiger partial charge in [0.1, 0.15) is 17.3 Å². The largest absolute Gasteiger partial charge is 0.299 e. The van der Waals surface area contributed by atoms with Gasteiger partial charge in [0.25, 0.3) is 5.91 Å². The minimum Gasteiger partial charge on any atom is -0.299 e. The fraction of sp³-hybridized carbons (Fsp3) is 0.0455. The van der Waals surface area contributed by atoms with Gasteiger partial charge in [0.15, 0.2) is 0 Å². The van der Waals surface area contributed by atoms with E-state index < -0.39 is 11.7 Å². The summed E-state index contributed by atoms with van der Waals surface area (Å²) in [6.45, 7) is 0.169. The first-order valence-electron chi connectivity index (χ1n) is 8.79. The van der Waals surface area contributed by atoms with Crippen LogP contribution in [0, 0.1) is 11.6 Å². The van der Waals surface area contributed by atoms with Crippen LogP contribution < -0.4 is 4.90 Å². The first kappa shape index (κ1) is 18.9. The SMILES string of the molecule is O=C(c1cnccn1)N(Cc1ccc(-c2ccc(F)cc2)s1)c1ccccc1F. The highest BCUT2D eigenvalue weighted by atomic mass is 32.1. The van der Waals surface area contributed by atoms with Crippen molar-refractivity contribution in [3.8, 4) is 10.4 Å². The Balaban J connectivity index is 1.67. The number of anilines is 1. The number of para-hydroxylation sites is 1. The van der Waals surface area contributed by atoms with E-state index in [2.05, 4.69) is 9.97 Å². The number of aromatic nitrogens is 2. The molecule has 7 heteroatoms. The number of thiophene rings is 1. The second kappa shape index (κ2) is 8.28. The summed E-state index contributed by atoms with van der Waals surface area (Å²) in [6, 6.07) is 16.1. The number of halogens is 2. The summed E-state index contributed by atoms with van der Waals surface area (Å²) in [5.41, 5.74) is 1.17. The smallest absolute Gasteiger partial charge is 0.278 e. The molecule has 0 aliphatic heterocycles. The van der Waals surface area contributed by atoms with E-state index >= 15 is 0 Å². The first-order chi connectivity index (χ1) is 14.1. The van der Waals surface area contributed by atoms with Crippen molar-refractivity contribution in [1.82, 2.24) is 9.97 Å². The zero-order chi connectivity index (χ0) is 20.2. The topological polar surface area (TPSA) is 46.1 Å². The third kappa shape index (κ3) is 4.20. The summed E-state index contributed by atoms with van der Waals surface area (Å²) in [5.74, 6) is -1.24. The van der Waals surface area contributed by atoms with Gasteiger partial charge in [-0.1, -0.05) is 24.3 Å². The number of carbonyl (C=O) groups excluding carboxylic acids is 1. The molecule has 0 aliphatic carbocycles. The second-order valence-corrected chi connectivity index (χ2v) is 7.37. The van der Waals surface area contributed by atoms with Gasteiger partial charge in [0, 0.05) is 22.1 Å². The average Bonchev–Trinajstić information content (AvgIpc) is 3.22. The molecule has 0 atom stereocenters. The van der Waals surface area contributed by atoms with E-state index in [1.807, 2.05) is 12.1 Å². The Morgan fingerprint density at radius 3 is 2.48 bits per heavy atom. The summed E-state index contributed by atoms with van der Waals surface area (Å²) in [6.07, 6.45) is 4.25. The molecule has 4 nitrogen and oxygen atoms in total. The third-order valence-corrected chi connectivity index (χ3v) is 5.39. The van der Waals surface area contributed by atoms with Crippen LogP contribution in [0.4, 0.5) is 14.5 Å². The summed E-state index contributed by atoms with van der Waals surface area (Å²) >= 11 is 1.46. The lowest BCUT2D eigenvalue weighted by atomic mass is 10.2. The number of nitrogens with zero attached hydrogens (tertiary/aromatic N) is 3. The van der Waals surface area contributed by atoms with E-state index in [0.29, 0.717) is 0 Å². The molecule has 4 aromatic rings. The molecule has 2 aromatic heterocycles. The van der Waals surface area contributed by atoms with Gasteiger partial charge in [-0.15, -0.1) is 11.3 Å². The van der Waals surface area contributed by atoms with Crippen molar-refractivity contribution in [3.63, 3.8) is 0 Å². The fourth-order valence-corrected chi connectivity index (χ4v) is 3.88. The molecule has 0 saturated carbocycles. The van der Waals surface area contributed by atoms with Gasteiger partial charge in [-0.25, -0.2) is 13.8 Å². The fourth-order valence-electron chi connectivity index (χ4n) is 2.87. The molecule has 144 valence electrons. The zero-order valence-corrected chi connectivity index (χ0v) is 15.9. The minimum atomic E-state index is -0.500. The highest BCUT2D eigenvalue weighted by Gasteiger charge is 2.23. The molecule has 0 saturated heterocycles. The molecule has 1 amide bonds. The predicted octanol–water partition coefficient (Wildman–Crippen LogP) is 5.33. The van der Waals surface area contributed by atoms with Crippen LogP contribution in [0.25, 0.3) is 10.4 Å². The third-order valence-electron chi connectivity index (χ3n) is 4.28. The van der Waals surface area contributed by atoms with Crippen molar-refractivity contribution in [1.29, 1.82) is 0 Å². The first-order valence-corrected chi connectivity index (χ1v) is 9.60. The predicted molar refractivity (Wildman–Crippen MR) is 109 cm³/mol. The monoisotopic (exact) mass is 407 g/mol. The second-order valence-electron chi connectivity index (χ2n) is 6.21.